The Bertz CT molecular complexity index is 659. The highest BCUT2D eigenvalue weighted by atomic mass is 32.1. The van der Waals surface area contributed by atoms with E-state index in [0.29, 0.717) is 11.6 Å². The summed E-state index contributed by atoms with van der Waals surface area (Å²) in [6, 6.07) is 2.03. The monoisotopic (exact) mass is 263 g/mol. The maximum absolute atomic E-state index is 5.49. The maximum Gasteiger partial charge on any atom is 0.182 e. The zero-order valence-corrected chi connectivity index (χ0v) is 10.6. The van der Waals surface area contributed by atoms with Crippen LogP contribution in [0, 0.1) is 6.92 Å². The average Bonchev–Trinajstić information content (AvgIpc) is 2.94. The van der Waals surface area contributed by atoms with Crippen LogP contribution in [0.25, 0.3) is 21.7 Å². The quantitative estimate of drug-likeness (QED) is 0.548. The molecule has 5 nitrogen and oxygen atoms in total. The van der Waals surface area contributed by atoms with Crippen molar-refractivity contribution in [3.63, 3.8) is 0 Å². The Balaban J connectivity index is 2.28. The van der Waals surface area contributed by atoms with Crippen molar-refractivity contribution >= 4 is 38.7 Å². The van der Waals surface area contributed by atoms with Crippen molar-refractivity contribution in [2.45, 2.75) is 6.92 Å². The average molecular weight is 263 g/mol. The van der Waals surface area contributed by atoms with E-state index in [1.54, 1.807) is 16.8 Å². The van der Waals surface area contributed by atoms with Crippen LogP contribution in [-0.4, -0.2) is 15.0 Å². The first kappa shape index (κ1) is 10.6. The Kier molecular flexibility index (Phi) is 2.50. The van der Waals surface area contributed by atoms with Crippen LogP contribution < -0.4 is 11.3 Å². The number of aryl methyl sites for hydroxylation is 1. The lowest BCUT2D eigenvalue weighted by Gasteiger charge is -2.02. The molecule has 0 amide bonds. The molecule has 0 spiro atoms. The molecule has 0 aliphatic heterocycles. The van der Waals surface area contributed by atoms with E-state index in [4.69, 9.17) is 5.84 Å². The minimum absolute atomic E-state index is 0.605. The fourth-order valence-electron chi connectivity index (χ4n) is 1.59. The number of thiophene rings is 1. The molecule has 3 N–H and O–H groups in total. The molecule has 0 saturated carbocycles. The number of hydrogen-bond acceptors (Lipinski definition) is 7. The van der Waals surface area contributed by atoms with E-state index in [1.165, 1.54) is 16.2 Å². The van der Waals surface area contributed by atoms with Gasteiger partial charge in [0.25, 0.3) is 0 Å². The zero-order chi connectivity index (χ0) is 11.8. The lowest BCUT2D eigenvalue weighted by atomic mass is 10.3. The number of anilines is 1. The number of nitrogens with two attached hydrogens (primary N) is 1. The van der Waals surface area contributed by atoms with Gasteiger partial charge < -0.3 is 5.43 Å². The molecule has 3 aromatic heterocycles. The van der Waals surface area contributed by atoms with Gasteiger partial charge in [0.15, 0.2) is 11.6 Å². The minimum atomic E-state index is 0.605. The highest BCUT2D eigenvalue weighted by Gasteiger charge is 2.11. The van der Waals surface area contributed by atoms with Crippen molar-refractivity contribution in [2.75, 3.05) is 5.43 Å². The van der Waals surface area contributed by atoms with Crippen molar-refractivity contribution in [3.8, 4) is 11.5 Å². The molecule has 17 heavy (non-hydrogen) atoms. The van der Waals surface area contributed by atoms with E-state index in [9.17, 15) is 0 Å². The van der Waals surface area contributed by atoms with Gasteiger partial charge >= 0.3 is 0 Å². The summed E-state index contributed by atoms with van der Waals surface area (Å²) in [4.78, 5) is 15.2. The number of fused-ring (bicyclic) bond motifs is 1. The first-order valence-corrected chi connectivity index (χ1v) is 6.67. The van der Waals surface area contributed by atoms with E-state index < -0.39 is 0 Å². The molecule has 0 fully saturated rings. The first-order chi connectivity index (χ1) is 8.28. The van der Waals surface area contributed by atoms with Crippen LogP contribution in [0.2, 0.25) is 0 Å². The Morgan fingerprint density at radius 3 is 2.94 bits per heavy atom. The Morgan fingerprint density at radius 2 is 2.24 bits per heavy atom. The van der Waals surface area contributed by atoms with Crippen LogP contribution in [-0.2, 0) is 0 Å². The van der Waals surface area contributed by atoms with E-state index in [0.717, 1.165) is 15.9 Å². The highest BCUT2D eigenvalue weighted by Crippen LogP contribution is 2.30. The van der Waals surface area contributed by atoms with Gasteiger partial charge in [0.1, 0.15) is 10.5 Å². The normalized spacial score (nSPS) is 10.9. The van der Waals surface area contributed by atoms with Crippen LogP contribution in [0.1, 0.15) is 4.88 Å². The van der Waals surface area contributed by atoms with Crippen LogP contribution in [0.4, 0.5) is 5.82 Å². The number of thiazole rings is 1. The number of hydrogen-bond donors (Lipinski definition) is 2. The van der Waals surface area contributed by atoms with Gasteiger partial charge in [0.2, 0.25) is 0 Å². The Hall–Kier alpha value is -1.57. The molecule has 0 unspecified atom stereocenters. The third-order valence-electron chi connectivity index (χ3n) is 2.31. The summed E-state index contributed by atoms with van der Waals surface area (Å²) in [5, 5.41) is 2.87. The number of nitrogen functional groups attached to an aromatic ring is 1. The molecule has 0 saturated heterocycles. The fourth-order valence-corrected chi connectivity index (χ4v) is 3.00. The Morgan fingerprint density at radius 1 is 1.35 bits per heavy atom. The van der Waals surface area contributed by atoms with Gasteiger partial charge in [-0.3, -0.25) is 0 Å². The molecule has 3 heterocycles. The van der Waals surface area contributed by atoms with Gasteiger partial charge in [-0.1, -0.05) is 0 Å². The molecule has 0 radical (unpaired) electrons. The molecule has 0 aromatic carbocycles. The SMILES string of the molecule is Cc1cc2c(NN)nc(-c3cscn3)nc2s1. The molecule has 3 rings (SSSR count). The van der Waals surface area contributed by atoms with Crippen LogP contribution in [0.3, 0.4) is 0 Å². The summed E-state index contributed by atoms with van der Waals surface area (Å²) in [5.41, 5.74) is 5.16. The lowest BCUT2D eigenvalue weighted by molar-refractivity contribution is 1.17. The van der Waals surface area contributed by atoms with Crippen molar-refractivity contribution in [3.05, 3.63) is 21.8 Å². The smallest absolute Gasteiger partial charge is 0.182 e. The summed E-state index contributed by atoms with van der Waals surface area (Å²) < 4.78 is 0. The molecule has 7 heteroatoms. The topological polar surface area (TPSA) is 76.7 Å². The van der Waals surface area contributed by atoms with Crippen LogP contribution in [0.15, 0.2) is 17.0 Å². The number of hydrazine groups is 1. The Labute approximate surface area is 105 Å². The maximum atomic E-state index is 5.49. The standard InChI is InChI=1S/C10H9N5S2/c1-5-2-6-8(15-11)13-9(14-10(6)17-5)7-3-16-4-12-7/h2-4H,11H2,1H3,(H,13,14,15). The number of nitrogens with zero attached hydrogens (tertiary/aromatic N) is 3. The van der Waals surface area contributed by atoms with Crippen molar-refractivity contribution in [2.24, 2.45) is 5.84 Å². The largest absolute Gasteiger partial charge is 0.308 e. The summed E-state index contributed by atoms with van der Waals surface area (Å²) in [6.07, 6.45) is 0. The second kappa shape index (κ2) is 4.02. The second-order valence-electron chi connectivity index (χ2n) is 3.49. The van der Waals surface area contributed by atoms with Gasteiger partial charge in [-0.15, -0.1) is 22.7 Å². The molecule has 86 valence electrons. The number of nitrogens with one attached hydrogen (secondary N) is 1. The highest BCUT2D eigenvalue weighted by molar-refractivity contribution is 7.18. The zero-order valence-electron chi connectivity index (χ0n) is 8.97. The summed E-state index contributed by atoms with van der Waals surface area (Å²) in [6.45, 7) is 2.04. The van der Waals surface area contributed by atoms with Gasteiger partial charge in [-0.25, -0.2) is 20.8 Å². The predicted octanol–water partition coefficient (Wildman–Crippen LogP) is 2.41. The van der Waals surface area contributed by atoms with Crippen LogP contribution in [0.5, 0.6) is 0 Å². The predicted molar refractivity (Wildman–Crippen MR) is 71.1 cm³/mol. The number of rotatable bonds is 2. The summed E-state index contributed by atoms with van der Waals surface area (Å²) >= 11 is 3.14. The van der Waals surface area contributed by atoms with Gasteiger partial charge in [0, 0.05) is 10.3 Å². The van der Waals surface area contributed by atoms with Crippen molar-refractivity contribution in [1.29, 1.82) is 0 Å². The third-order valence-corrected chi connectivity index (χ3v) is 3.84. The summed E-state index contributed by atoms with van der Waals surface area (Å²) in [7, 11) is 0. The van der Waals surface area contributed by atoms with Gasteiger partial charge in [-0.05, 0) is 13.0 Å². The first-order valence-electron chi connectivity index (χ1n) is 4.91. The summed E-state index contributed by atoms with van der Waals surface area (Å²) in [5.74, 6) is 6.74. The number of aromatic nitrogens is 3. The van der Waals surface area contributed by atoms with E-state index >= 15 is 0 Å². The van der Waals surface area contributed by atoms with Crippen LogP contribution >= 0.6 is 22.7 Å². The molecule has 0 atom stereocenters. The third kappa shape index (κ3) is 1.78. The molecular formula is C10H9N5S2. The van der Waals surface area contributed by atoms with Crippen molar-refractivity contribution in [1.82, 2.24) is 15.0 Å². The van der Waals surface area contributed by atoms with E-state index in [1.807, 2.05) is 18.4 Å². The fraction of sp³-hybridized carbons (Fsp3) is 0.100. The van der Waals surface area contributed by atoms with Crippen molar-refractivity contribution < 1.29 is 0 Å². The molecule has 0 aliphatic rings. The van der Waals surface area contributed by atoms with E-state index in [-0.39, 0.29) is 0 Å². The van der Waals surface area contributed by atoms with Gasteiger partial charge in [0.05, 0.1) is 10.9 Å². The molecule has 0 bridgehead atoms. The molecule has 3 aromatic rings. The van der Waals surface area contributed by atoms with Gasteiger partial charge in [-0.2, -0.15) is 0 Å². The lowest BCUT2D eigenvalue weighted by Crippen LogP contribution is -2.09. The molecule has 0 aliphatic carbocycles. The minimum Gasteiger partial charge on any atom is -0.308 e. The van der Waals surface area contributed by atoms with E-state index in [2.05, 4.69) is 20.4 Å². The second-order valence-corrected chi connectivity index (χ2v) is 5.44. The molecular weight excluding hydrogens is 254 g/mol.